The van der Waals surface area contributed by atoms with E-state index in [4.69, 9.17) is 0 Å². The topological polar surface area (TPSA) is 79.4 Å². The van der Waals surface area contributed by atoms with Gasteiger partial charge in [-0.2, -0.15) is 4.31 Å². The van der Waals surface area contributed by atoms with Crippen LogP contribution in [-0.2, 0) is 14.8 Å². The van der Waals surface area contributed by atoms with Gasteiger partial charge in [-0.3, -0.25) is 4.79 Å². The standard InChI is InChI=1S/C22H21F2N3O3S2/c1-14-2-4-15(5-3-14)19-13-31-22(25-19)26-21(28)16-8-10-27(11-9-16)32(29,30)20-12-17(23)6-7-18(20)24/h2-7,12-13,16H,8-11H2,1H3,(H,25,26,28). The summed E-state index contributed by atoms with van der Waals surface area (Å²) in [5.41, 5.74) is 2.87. The summed E-state index contributed by atoms with van der Waals surface area (Å²) in [6.07, 6.45) is 0.552. The Morgan fingerprint density at radius 2 is 1.81 bits per heavy atom. The largest absolute Gasteiger partial charge is 0.302 e. The molecule has 0 atom stereocenters. The van der Waals surface area contributed by atoms with Crippen molar-refractivity contribution >= 4 is 32.4 Å². The Labute approximate surface area is 189 Å². The third kappa shape index (κ3) is 4.72. The summed E-state index contributed by atoms with van der Waals surface area (Å²) >= 11 is 1.32. The highest BCUT2D eigenvalue weighted by molar-refractivity contribution is 7.89. The van der Waals surface area contributed by atoms with Crippen LogP contribution in [0, 0.1) is 24.5 Å². The number of nitrogens with one attached hydrogen (secondary N) is 1. The zero-order valence-electron chi connectivity index (χ0n) is 17.2. The molecule has 10 heteroatoms. The molecule has 0 spiro atoms. The smallest absolute Gasteiger partial charge is 0.246 e. The molecule has 1 N–H and O–H groups in total. The summed E-state index contributed by atoms with van der Waals surface area (Å²) in [6, 6.07) is 10.3. The van der Waals surface area contributed by atoms with Gasteiger partial charge in [0.2, 0.25) is 15.9 Å². The average Bonchev–Trinajstić information content (AvgIpc) is 3.24. The molecule has 32 heavy (non-hydrogen) atoms. The minimum Gasteiger partial charge on any atom is -0.302 e. The maximum Gasteiger partial charge on any atom is 0.246 e. The molecule has 6 nitrogen and oxygen atoms in total. The van der Waals surface area contributed by atoms with Crippen LogP contribution in [0.5, 0.6) is 0 Å². The molecule has 1 fully saturated rings. The maximum absolute atomic E-state index is 14.0. The van der Waals surface area contributed by atoms with Crippen molar-refractivity contribution in [3.8, 4) is 11.3 Å². The lowest BCUT2D eigenvalue weighted by Crippen LogP contribution is -2.41. The van der Waals surface area contributed by atoms with Crippen LogP contribution < -0.4 is 5.32 Å². The summed E-state index contributed by atoms with van der Waals surface area (Å²) in [5, 5.41) is 5.14. The zero-order valence-corrected chi connectivity index (χ0v) is 18.8. The highest BCUT2D eigenvalue weighted by Gasteiger charge is 2.34. The van der Waals surface area contributed by atoms with E-state index in [0.717, 1.165) is 33.3 Å². The fraction of sp³-hybridized carbons (Fsp3) is 0.273. The van der Waals surface area contributed by atoms with Crippen LogP contribution in [0.3, 0.4) is 0 Å². The Kier molecular flexibility index (Phi) is 6.36. The van der Waals surface area contributed by atoms with Gasteiger partial charge in [0.25, 0.3) is 0 Å². The van der Waals surface area contributed by atoms with Crippen molar-refractivity contribution in [3.05, 3.63) is 65.0 Å². The number of anilines is 1. The minimum absolute atomic E-state index is 0.0445. The van der Waals surface area contributed by atoms with Crippen molar-refractivity contribution in [3.63, 3.8) is 0 Å². The lowest BCUT2D eigenvalue weighted by molar-refractivity contribution is -0.120. The van der Waals surface area contributed by atoms with E-state index in [1.165, 1.54) is 11.3 Å². The lowest BCUT2D eigenvalue weighted by Gasteiger charge is -2.30. The molecule has 1 aromatic heterocycles. The fourth-order valence-electron chi connectivity index (χ4n) is 3.57. The molecule has 4 rings (SSSR count). The molecule has 0 saturated carbocycles. The molecule has 1 saturated heterocycles. The molecule has 0 aliphatic carbocycles. The molecular weight excluding hydrogens is 456 g/mol. The van der Waals surface area contributed by atoms with E-state index >= 15 is 0 Å². The number of amides is 1. The van der Waals surface area contributed by atoms with Crippen LogP contribution in [-0.4, -0.2) is 36.7 Å². The molecule has 0 radical (unpaired) electrons. The predicted octanol–water partition coefficient (Wildman–Crippen LogP) is 4.44. The van der Waals surface area contributed by atoms with Crippen LogP contribution >= 0.6 is 11.3 Å². The normalized spacial score (nSPS) is 15.6. The number of hydrogen-bond acceptors (Lipinski definition) is 5. The Balaban J connectivity index is 1.38. The first-order chi connectivity index (χ1) is 15.2. The summed E-state index contributed by atoms with van der Waals surface area (Å²) in [7, 11) is -4.18. The predicted molar refractivity (Wildman–Crippen MR) is 119 cm³/mol. The Hall–Kier alpha value is -2.69. The lowest BCUT2D eigenvalue weighted by atomic mass is 9.97. The fourth-order valence-corrected chi connectivity index (χ4v) is 5.84. The van der Waals surface area contributed by atoms with E-state index in [2.05, 4.69) is 10.3 Å². The van der Waals surface area contributed by atoms with Crippen molar-refractivity contribution < 1.29 is 22.0 Å². The van der Waals surface area contributed by atoms with Crippen molar-refractivity contribution in [2.45, 2.75) is 24.7 Å². The monoisotopic (exact) mass is 477 g/mol. The van der Waals surface area contributed by atoms with Gasteiger partial charge in [-0.25, -0.2) is 22.2 Å². The number of carbonyl (C=O) groups is 1. The zero-order chi connectivity index (χ0) is 22.9. The third-order valence-corrected chi connectivity index (χ3v) is 8.09. The molecule has 1 aliphatic heterocycles. The number of aromatic nitrogens is 1. The van der Waals surface area contributed by atoms with E-state index in [9.17, 15) is 22.0 Å². The molecular formula is C22H21F2N3O3S2. The van der Waals surface area contributed by atoms with Gasteiger partial charge in [0.15, 0.2) is 5.13 Å². The summed E-state index contributed by atoms with van der Waals surface area (Å²) in [4.78, 5) is 16.4. The molecule has 168 valence electrons. The second-order valence-electron chi connectivity index (χ2n) is 7.65. The van der Waals surface area contributed by atoms with Gasteiger partial charge in [0.05, 0.1) is 5.69 Å². The van der Waals surface area contributed by atoms with Gasteiger partial charge in [0.1, 0.15) is 16.5 Å². The van der Waals surface area contributed by atoms with Gasteiger partial charge in [-0.05, 0) is 38.0 Å². The average molecular weight is 478 g/mol. The first kappa shape index (κ1) is 22.5. The molecule has 1 aliphatic rings. The van der Waals surface area contributed by atoms with Crippen molar-refractivity contribution in [2.75, 3.05) is 18.4 Å². The molecule has 2 heterocycles. The number of nitrogens with zero attached hydrogens (tertiary/aromatic N) is 2. The van der Waals surface area contributed by atoms with E-state index < -0.39 is 32.5 Å². The molecule has 2 aromatic carbocycles. The van der Waals surface area contributed by atoms with Crippen LogP contribution in [0.15, 0.2) is 52.7 Å². The molecule has 3 aromatic rings. The number of halogens is 2. The second kappa shape index (κ2) is 9.05. The number of benzene rings is 2. The van der Waals surface area contributed by atoms with Crippen molar-refractivity contribution in [1.29, 1.82) is 0 Å². The maximum atomic E-state index is 14.0. The number of thiazole rings is 1. The highest BCUT2D eigenvalue weighted by atomic mass is 32.2. The van der Waals surface area contributed by atoms with Crippen molar-refractivity contribution in [1.82, 2.24) is 9.29 Å². The summed E-state index contributed by atoms with van der Waals surface area (Å²) in [5.74, 6) is -2.46. The Bertz CT molecular complexity index is 1240. The Morgan fingerprint density at radius 3 is 2.50 bits per heavy atom. The van der Waals surface area contributed by atoms with Gasteiger partial charge in [0, 0.05) is 30.0 Å². The van der Waals surface area contributed by atoms with Gasteiger partial charge < -0.3 is 5.32 Å². The molecule has 1 amide bonds. The number of aryl methyl sites for hydroxylation is 1. The number of rotatable bonds is 5. The van der Waals surface area contributed by atoms with E-state index in [-0.39, 0.29) is 31.8 Å². The molecule has 0 bridgehead atoms. The number of carbonyl (C=O) groups excluding carboxylic acids is 1. The first-order valence-corrected chi connectivity index (χ1v) is 12.3. The first-order valence-electron chi connectivity index (χ1n) is 10.0. The van der Waals surface area contributed by atoms with Gasteiger partial charge >= 0.3 is 0 Å². The van der Waals surface area contributed by atoms with Crippen LogP contribution in [0.1, 0.15) is 18.4 Å². The van der Waals surface area contributed by atoms with E-state index in [1.54, 1.807) is 0 Å². The number of piperidine rings is 1. The van der Waals surface area contributed by atoms with Gasteiger partial charge in [-0.15, -0.1) is 11.3 Å². The highest BCUT2D eigenvalue weighted by Crippen LogP contribution is 2.29. The third-order valence-electron chi connectivity index (χ3n) is 5.42. The second-order valence-corrected chi connectivity index (χ2v) is 10.4. The van der Waals surface area contributed by atoms with Crippen LogP contribution in [0.25, 0.3) is 11.3 Å². The van der Waals surface area contributed by atoms with Gasteiger partial charge in [-0.1, -0.05) is 29.8 Å². The number of hydrogen-bond donors (Lipinski definition) is 1. The van der Waals surface area contributed by atoms with Crippen molar-refractivity contribution in [2.24, 2.45) is 5.92 Å². The number of sulfonamides is 1. The van der Waals surface area contributed by atoms with Crippen LogP contribution in [0.4, 0.5) is 13.9 Å². The SMILES string of the molecule is Cc1ccc(-c2csc(NC(=O)C3CCN(S(=O)(=O)c4cc(F)ccc4F)CC3)n2)cc1. The van der Waals surface area contributed by atoms with E-state index in [0.29, 0.717) is 11.2 Å². The summed E-state index contributed by atoms with van der Waals surface area (Å²) in [6.45, 7) is 2.09. The van der Waals surface area contributed by atoms with Crippen LogP contribution in [0.2, 0.25) is 0 Å². The van der Waals surface area contributed by atoms with E-state index in [1.807, 2.05) is 36.6 Å². The molecule has 0 unspecified atom stereocenters. The summed E-state index contributed by atoms with van der Waals surface area (Å²) < 4.78 is 53.9. The Morgan fingerprint density at radius 1 is 1.12 bits per heavy atom. The quantitative estimate of drug-likeness (QED) is 0.589. The minimum atomic E-state index is -4.18.